The Morgan fingerprint density at radius 2 is 1.65 bits per heavy atom. The van der Waals surface area contributed by atoms with E-state index in [2.05, 4.69) is 20.8 Å². The average Bonchev–Trinajstić information content (AvgIpc) is 3.07. The Kier molecular flexibility index (Phi) is 5.70. The molecule has 2 aromatic carbocycles. The van der Waals surface area contributed by atoms with Crippen LogP contribution in [0.25, 0.3) is 0 Å². The van der Waals surface area contributed by atoms with E-state index in [1.54, 1.807) is 24.3 Å². The second-order valence-electron chi connectivity index (χ2n) is 5.68. The van der Waals surface area contributed by atoms with Gasteiger partial charge >= 0.3 is 0 Å². The van der Waals surface area contributed by atoms with E-state index < -0.39 is 6.04 Å². The van der Waals surface area contributed by atoms with Crippen molar-refractivity contribution in [1.82, 2.24) is 15.5 Å². The van der Waals surface area contributed by atoms with Crippen LogP contribution in [0.3, 0.4) is 0 Å². The molecule has 0 unspecified atom stereocenters. The number of carbonyl (C=O) groups excluding carboxylic acids is 2. The molecule has 1 aromatic heterocycles. The van der Waals surface area contributed by atoms with Crippen LogP contribution in [-0.4, -0.2) is 22.0 Å². The predicted molar refractivity (Wildman–Crippen MR) is 101 cm³/mol. The smallest absolute Gasteiger partial charge is 0.251 e. The molecule has 0 radical (unpaired) electrons. The largest absolute Gasteiger partial charge is 0.345 e. The van der Waals surface area contributed by atoms with Crippen LogP contribution in [-0.2, 0) is 4.79 Å². The molecule has 1 atom stereocenters. The summed E-state index contributed by atoms with van der Waals surface area (Å²) < 4.78 is 0. The predicted octanol–water partition coefficient (Wildman–Crippen LogP) is 3.35. The molecule has 3 rings (SSSR count). The summed E-state index contributed by atoms with van der Waals surface area (Å²) in [5, 5.41) is 14.7. The number of rotatable bonds is 6. The number of anilines is 1. The quantitative estimate of drug-likeness (QED) is 0.701. The third-order valence-corrected chi connectivity index (χ3v) is 4.46. The van der Waals surface area contributed by atoms with Crippen LogP contribution in [0.4, 0.5) is 5.13 Å². The van der Waals surface area contributed by atoms with Crippen molar-refractivity contribution < 1.29 is 9.59 Å². The van der Waals surface area contributed by atoms with Gasteiger partial charge < -0.3 is 10.6 Å². The normalized spacial score (nSPS) is 11.6. The maximum atomic E-state index is 12.5. The number of nitrogens with zero attached hydrogens (tertiary/aromatic N) is 2. The maximum absolute atomic E-state index is 12.5. The van der Waals surface area contributed by atoms with Crippen LogP contribution in [0, 0.1) is 6.92 Å². The van der Waals surface area contributed by atoms with Crippen molar-refractivity contribution in [2.24, 2.45) is 0 Å². The Bertz CT molecular complexity index is 881. The van der Waals surface area contributed by atoms with Crippen molar-refractivity contribution in [2.45, 2.75) is 19.4 Å². The van der Waals surface area contributed by atoms with Gasteiger partial charge in [0.2, 0.25) is 11.0 Å². The van der Waals surface area contributed by atoms with Crippen LogP contribution in [0.1, 0.15) is 33.4 Å². The molecule has 0 aliphatic heterocycles. The Morgan fingerprint density at radius 1 is 1.00 bits per heavy atom. The number of carbonyl (C=O) groups is 2. The summed E-state index contributed by atoms with van der Waals surface area (Å²) >= 11 is 1.31. The lowest BCUT2D eigenvalue weighted by molar-refractivity contribution is -0.116. The lowest BCUT2D eigenvalue weighted by atomic mass is 10.0. The minimum absolute atomic E-state index is 0.0984. The number of nitrogens with one attached hydrogen (secondary N) is 2. The van der Waals surface area contributed by atoms with E-state index >= 15 is 0 Å². The molecule has 0 aliphatic carbocycles. The van der Waals surface area contributed by atoms with E-state index in [0.717, 1.165) is 10.6 Å². The van der Waals surface area contributed by atoms with Crippen molar-refractivity contribution >= 4 is 28.3 Å². The number of aromatic nitrogens is 2. The molecular weight excluding hydrogens is 348 g/mol. The van der Waals surface area contributed by atoms with Gasteiger partial charge in [-0.15, -0.1) is 10.2 Å². The van der Waals surface area contributed by atoms with Gasteiger partial charge in [0.05, 0.1) is 12.5 Å². The first kappa shape index (κ1) is 17.8. The van der Waals surface area contributed by atoms with Crippen molar-refractivity contribution in [3.8, 4) is 0 Å². The number of hydrogen-bond acceptors (Lipinski definition) is 5. The van der Waals surface area contributed by atoms with Gasteiger partial charge in [-0.25, -0.2) is 0 Å². The summed E-state index contributed by atoms with van der Waals surface area (Å²) in [4.78, 5) is 24.9. The number of hydrogen-bond donors (Lipinski definition) is 2. The van der Waals surface area contributed by atoms with E-state index in [9.17, 15) is 9.59 Å². The zero-order chi connectivity index (χ0) is 18.4. The highest BCUT2D eigenvalue weighted by Crippen LogP contribution is 2.20. The Labute approximate surface area is 155 Å². The Morgan fingerprint density at radius 3 is 2.27 bits per heavy atom. The van der Waals surface area contributed by atoms with E-state index in [0.29, 0.717) is 10.7 Å². The van der Waals surface area contributed by atoms with E-state index in [4.69, 9.17) is 0 Å². The summed E-state index contributed by atoms with van der Waals surface area (Å²) in [5.41, 5.74) is 1.41. The molecule has 0 saturated heterocycles. The fourth-order valence-electron chi connectivity index (χ4n) is 2.47. The lowest BCUT2D eigenvalue weighted by Crippen LogP contribution is -2.31. The number of aryl methyl sites for hydroxylation is 1. The monoisotopic (exact) mass is 366 g/mol. The van der Waals surface area contributed by atoms with Crippen molar-refractivity contribution in [1.29, 1.82) is 0 Å². The van der Waals surface area contributed by atoms with Gasteiger partial charge in [0.25, 0.3) is 5.91 Å². The first-order valence-electron chi connectivity index (χ1n) is 8.12. The maximum Gasteiger partial charge on any atom is 0.251 e. The Hall–Kier alpha value is -3.06. The molecule has 0 fully saturated rings. The van der Waals surface area contributed by atoms with Crippen LogP contribution >= 0.6 is 11.3 Å². The van der Waals surface area contributed by atoms with E-state index in [-0.39, 0.29) is 18.2 Å². The van der Waals surface area contributed by atoms with Gasteiger partial charge in [0.15, 0.2) is 0 Å². The molecule has 26 heavy (non-hydrogen) atoms. The van der Waals surface area contributed by atoms with E-state index in [1.807, 2.05) is 43.3 Å². The van der Waals surface area contributed by atoms with Gasteiger partial charge in [-0.1, -0.05) is 59.9 Å². The fourth-order valence-corrected chi connectivity index (χ4v) is 3.08. The minimum atomic E-state index is -0.446. The standard InChI is InChI=1S/C19H18N4O2S/c1-13-22-23-19(26-13)21-17(24)12-16(14-8-4-2-5-9-14)20-18(25)15-10-6-3-7-11-15/h2-11,16H,12H2,1H3,(H,20,25)(H,21,23,24)/t16-/m1/s1. The summed E-state index contributed by atoms with van der Waals surface area (Å²) in [6.45, 7) is 1.82. The van der Waals surface area contributed by atoms with Crippen molar-refractivity contribution in [2.75, 3.05) is 5.32 Å². The second-order valence-corrected chi connectivity index (χ2v) is 6.86. The highest BCUT2D eigenvalue weighted by molar-refractivity contribution is 7.15. The van der Waals surface area contributed by atoms with Gasteiger partial charge in [-0.05, 0) is 24.6 Å². The molecule has 132 valence electrons. The van der Waals surface area contributed by atoms with Gasteiger partial charge in [0.1, 0.15) is 5.01 Å². The van der Waals surface area contributed by atoms with Gasteiger partial charge in [-0.3, -0.25) is 9.59 Å². The highest BCUT2D eigenvalue weighted by Gasteiger charge is 2.20. The highest BCUT2D eigenvalue weighted by atomic mass is 32.1. The van der Waals surface area contributed by atoms with Crippen LogP contribution in [0.2, 0.25) is 0 Å². The molecule has 0 spiro atoms. The molecular formula is C19H18N4O2S. The van der Waals surface area contributed by atoms with Crippen molar-refractivity contribution in [3.05, 3.63) is 76.8 Å². The van der Waals surface area contributed by atoms with Crippen LogP contribution in [0.15, 0.2) is 60.7 Å². The molecule has 3 aromatic rings. The second kappa shape index (κ2) is 8.35. The molecule has 2 amide bonds. The number of benzene rings is 2. The topological polar surface area (TPSA) is 84.0 Å². The zero-order valence-corrected chi connectivity index (χ0v) is 15.0. The van der Waals surface area contributed by atoms with E-state index in [1.165, 1.54) is 11.3 Å². The molecule has 2 N–H and O–H groups in total. The third kappa shape index (κ3) is 4.73. The molecule has 0 saturated carbocycles. The lowest BCUT2D eigenvalue weighted by Gasteiger charge is -2.18. The first-order valence-corrected chi connectivity index (χ1v) is 8.94. The third-order valence-electron chi connectivity index (χ3n) is 3.71. The molecule has 0 bridgehead atoms. The van der Waals surface area contributed by atoms with Gasteiger partial charge in [0, 0.05) is 5.56 Å². The Balaban J connectivity index is 1.73. The average molecular weight is 366 g/mol. The zero-order valence-electron chi connectivity index (χ0n) is 14.2. The van der Waals surface area contributed by atoms with Crippen molar-refractivity contribution in [3.63, 3.8) is 0 Å². The van der Waals surface area contributed by atoms with Crippen LogP contribution < -0.4 is 10.6 Å². The number of amides is 2. The van der Waals surface area contributed by atoms with Gasteiger partial charge in [-0.2, -0.15) is 0 Å². The summed E-state index contributed by atoms with van der Waals surface area (Å²) in [7, 11) is 0. The summed E-state index contributed by atoms with van der Waals surface area (Å²) in [5.74, 6) is -0.456. The summed E-state index contributed by atoms with van der Waals surface area (Å²) in [6.07, 6.45) is 0.0984. The molecule has 0 aliphatic rings. The molecule has 7 heteroatoms. The first-order chi connectivity index (χ1) is 12.6. The van der Waals surface area contributed by atoms with Crippen LogP contribution in [0.5, 0.6) is 0 Å². The molecule has 1 heterocycles. The minimum Gasteiger partial charge on any atom is -0.345 e. The SMILES string of the molecule is Cc1nnc(NC(=O)C[C@@H](NC(=O)c2ccccc2)c2ccccc2)s1. The fraction of sp³-hybridized carbons (Fsp3) is 0.158. The molecule has 6 nitrogen and oxygen atoms in total. The summed E-state index contributed by atoms with van der Waals surface area (Å²) in [6, 6.07) is 17.9.